The molecule has 2 heteroatoms. The van der Waals surface area contributed by atoms with Crippen molar-refractivity contribution in [3.8, 4) is 11.3 Å². The van der Waals surface area contributed by atoms with Gasteiger partial charge in [0.05, 0.1) is 10.7 Å². The van der Waals surface area contributed by atoms with Crippen LogP contribution in [0.15, 0.2) is 36.2 Å². The zero-order valence-electron chi connectivity index (χ0n) is 15.9. The summed E-state index contributed by atoms with van der Waals surface area (Å²) < 4.78 is 0. The predicted octanol–water partition coefficient (Wildman–Crippen LogP) is 7.66. The second kappa shape index (κ2) is 8.31. The Kier molecular flexibility index (Phi) is 6.11. The third kappa shape index (κ3) is 4.06. The average Bonchev–Trinajstić information content (AvgIpc) is 3.11. The van der Waals surface area contributed by atoms with E-state index in [0.717, 1.165) is 12.1 Å². The summed E-state index contributed by atoms with van der Waals surface area (Å²) in [7, 11) is 0. The molecule has 134 valence electrons. The van der Waals surface area contributed by atoms with Crippen LogP contribution in [0.5, 0.6) is 0 Å². The largest absolute Gasteiger partial charge is 0.241 e. The van der Waals surface area contributed by atoms with Gasteiger partial charge in [0.1, 0.15) is 0 Å². The van der Waals surface area contributed by atoms with Gasteiger partial charge in [-0.3, -0.25) is 0 Å². The number of benzene rings is 1. The number of allylic oxidation sites excluding steroid dienone is 1. The van der Waals surface area contributed by atoms with Crippen LogP contribution in [0.4, 0.5) is 0 Å². The molecule has 1 heterocycles. The second-order valence-electron chi connectivity index (χ2n) is 7.65. The van der Waals surface area contributed by atoms with E-state index < -0.39 is 0 Å². The zero-order valence-corrected chi connectivity index (χ0v) is 16.7. The van der Waals surface area contributed by atoms with Crippen LogP contribution in [-0.2, 0) is 0 Å². The van der Waals surface area contributed by atoms with E-state index in [0.29, 0.717) is 17.8 Å². The molecule has 0 radical (unpaired) electrons. The lowest BCUT2D eigenvalue weighted by Gasteiger charge is -2.27. The maximum absolute atomic E-state index is 5.03. The van der Waals surface area contributed by atoms with Gasteiger partial charge in [0.25, 0.3) is 0 Å². The predicted molar refractivity (Wildman–Crippen MR) is 111 cm³/mol. The number of hydrogen-bond acceptors (Lipinski definition) is 2. The number of aromatic nitrogens is 1. The molecule has 1 aromatic heterocycles. The number of fused-ring (bicyclic) bond motifs is 1. The molecule has 0 N–H and O–H groups in total. The van der Waals surface area contributed by atoms with Crippen LogP contribution in [0, 0.1) is 0 Å². The Morgan fingerprint density at radius 2 is 1.96 bits per heavy atom. The smallest absolute Gasteiger partial charge is 0.0963 e. The fourth-order valence-electron chi connectivity index (χ4n) is 4.09. The van der Waals surface area contributed by atoms with Crippen molar-refractivity contribution >= 4 is 11.3 Å². The molecule has 0 bridgehead atoms. The van der Waals surface area contributed by atoms with Gasteiger partial charge in [-0.25, -0.2) is 4.98 Å². The van der Waals surface area contributed by atoms with E-state index >= 15 is 0 Å². The lowest BCUT2D eigenvalue weighted by Crippen LogP contribution is -2.10. The van der Waals surface area contributed by atoms with Crippen LogP contribution in [0.1, 0.15) is 93.2 Å². The van der Waals surface area contributed by atoms with E-state index in [1.54, 1.807) is 11.1 Å². The minimum Gasteiger partial charge on any atom is -0.241 e. The maximum atomic E-state index is 5.03. The van der Waals surface area contributed by atoms with E-state index in [-0.39, 0.29) is 0 Å². The fraction of sp³-hybridized carbons (Fsp3) is 0.522. The summed E-state index contributed by atoms with van der Waals surface area (Å²) in [6.07, 6.45) is 9.33. The highest BCUT2D eigenvalue weighted by atomic mass is 32.1. The highest BCUT2D eigenvalue weighted by molar-refractivity contribution is 7.10. The van der Waals surface area contributed by atoms with Crippen molar-refractivity contribution in [3.05, 3.63) is 52.4 Å². The molecule has 0 saturated heterocycles. The third-order valence-corrected chi connectivity index (χ3v) is 6.71. The van der Waals surface area contributed by atoms with Crippen molar-refractivity contribution in [2.24, 2.45) is 0 Å². The molecule has 2 aromatic rings. The molecular formula is C23H31NS. The van der Waals surface area contributed by atoms with Gasteiger partial charge in [-0.1, -0.05) is 45.4 Å². The van der Waals surface area contributed by atoms with Crippen molar-refractivity contribution in [2.45, 2.75) is 77.0 Å². The van der Waals surface area contributed by atoms with Crippen molar-refractivity contribution < 1.29 is 0 Å². The lowest BCUT2D eigenvalue weighted by molar-refractivity contribution is 0.527. The monoisotopic (exact) mass is 353 g/mol. The Bertz CT molecular complexity index is 715. The average molecular weight is 354 g/mol. The zero-order chi connectivity index (χ0) is 17.8. The number of hydrogen-bond donors (Lipinski definition) is 0. The van der Waals surface area contributed by atoms with Gasteiger partial charge in [0, 0.05) is 16.9 Å². The van der Waals surface area contributed by atoms with E-state index in [9.17, 15) is 0 Å². The van der Waals surface area contributed by atoms with Gasteiger partial charge in [0.2, 0.25) is 0 Å². The third-order valence-electron chi connectivity index (χ3n) is 5.70. The molecule has 1 nitrogen and oxygen atoms in total. The summed E-state index contributed by atoms with van der Waals surface area (Å²) in [6, 6.07) is 7.04. The molecule has 0 amide bonds. The molecule has 0 fully saturated rings. The van der Waals surface area contributed by atoms with E-state index in [1.165, 1.54) is 42.7 Å². The highest BCUT2D eigenvalue weighted by Gasteiger charge is 2.23. The highest BCUT2D eigenvalue weighted by Crippen LogP contribution is 2.40. The first-order chi connectivity index (χ1) is 12.1. The minimum atomic E-state index is 0.582. The van der Waals surface area contributed by atoms with Crippen LogP contribution in [0.2, 0.25) is 0 Å². The van der Waals surface area contributed by atoms with Gasteiger partial charge < -0.3 is 0 Å². The first-order valence-electron chi connectivity index (χ1n) is 9.84. The van der Waals surface area contributed by atoms with E-state index in [4.69, 9.17) is 4.98 Å². The Labute approximate surface area is 157 Å². The molecule has 1 aromatic carbocycles. The molecule has 0 aliphatic heterocycles. The quantitative estimate of drug-likeness (QED) is 0.465. The molecule has 1 aliphatic rings. The van der Waals surface area contributed by atoms with Crippen molar-refractivity contribution in [1.82, 2.24) is 4.98 Å². The van der Waals surface area contributed by atoms with Gasteiger partial charge in [-0.2, -0.15) is 0 Å². The Hall–Kier alpha value is -1.41. The minimum absolute atomic E-state index is 0.582. The summed E-state index contributed by atoms with van der Waals surface area (Å²) in [5.41, 5.74) is 5.55. The van der Waals surface area contributed by atoms with Crippen LogP contribution < -0.4 is 0 Å². The van der Waals surface area contributed by atoms with E-state index in [1.807, 2.05) is 17.4 Å². The molecule has 25 heavy (non-hydrogen) atoms. The summed E-state index contributed by atoms with van der Waals surface area (Å²) in [5, 5.41) is 3.56. The fourth-order valence-corrected chi connectivity index (χ4v) is 5.09. The summed E-state index contributed by atoms with van der Waals surface area (Å²) in [5.74, 6) is 1.95. The Morgan fingerprint density at radius 3 is 2.68 bits per heavy atom. The normalized spacial score (nSPS) is 20.9. The number of rotatable bonds is 7. The number of thiazole rings is 1. The van der Waals surface area contributed by atoms with Crippen molar-refractivity contribution in [3.63, 3.8) is 0 Å². The van der Waals surface area contributed by atoms with Crippen LogP contribution >= 0.6 is 11.3 Å². The topological polar surface area (TPSA) is 12.9 Å². The molecule has 0 saturated carbocycles. The molecule has 3 rings (SSSR count). The van der Waals surface area contributed by atoms with Crippen LogP contribution in [0.3, 0.4) is 0 Å². The van der Waals surface area contributed by atoms with Crippen molar-refractivity contribution in [1.29, 1.82) is 0 Å². The number of nitrogens with zero attached hydrogens (tertiary/aromatic N) is 1. The van der Waals surface area contributed by atoms with Crippen LogP contribution in [-0.4, -0.2) is 4.98 Å². The maximum Gasteiger partial charge on any atom is 0.0963 e. The molecular weight excluding hydrogens is 322 g/mol. The first-order valence-corrected chi connectivity index (χ1v) is 10.7. The Balaban J connectivity index is 1.86. The van der Waals surface area contributed by atoms with Crippen molar-refractivity contribution in [2.75, 3.05) is 0 Å². The summed E-state index contributed by atoms with van der Waals surface area (Å²) >= 11 is 1.84. The van der Waals surface area contributed by atoms with Gasteiger partial charge in [-0.15, -0.1) is 17.9 Å². The molecule has 1 aliphatic carbocycles. The van der Waals surface area contributed by atoms with Crippen LogP contribution in [0.25, 0.3) is 11.3 Å². The Morgan fingerprint density at radius 1 is 1.20 bits per heavy atom. The summed E-state index contributed by atoms with van der Waals surface area (Å²) in [6.45, 7) is 10.9. The molecule has 3 unspecified atom stereocenters. The second-order valence-corrected chi connectivity index (χ2v) is 8.54. The SMILES string of the molecule is C=CCCC(CCC)c1nc(-c2ccc3c(c2)C(C)CCC3C)cs1. The van der Waals surface area contributed by atoms with Gasteiger partial charge in [-0.05, 0) is 61.1 Å². The molecule has 0 spiro atoms. The van der Waals surface area contributed by atoms with Gasteiger partial charge in [0.15, 0.2) is 0 Å². The summed E-state index contributed by atoms with van der Waals surface area (Å²) in [4.78, 5) is 5.03. The van der Waals surface area contributed by atoms with E-state index in [2.05, 4.69) is 50.9 Å². The standard InChI is InChI=1S/C23H31NS/c1-5-7-9-18(8-6-2)23-24-22(15-25-23)19-12-13-20-16(3)10-11-17(4)21(20)14-19/h5,12-18H,1,6-11H2,2-4H3. The van der Waals surface area contributed by atoms with Gasteiger partial charge >= 0.3 is 0 Å². The molecule has 3 atom stereocenters. The first kappa shape index (κ1) is 18.4. The lowest BCUT2D eigenvalue weighted by atomic mass is 9.77.